The third-order valence-corrected chi connectivity index (χ3v) is 7.29. The second-order valence-corrected chi connectivity index (χ2v) is 9.24. The highest BCUT2D eigenvalue weighted by Crippen LogP contribution is 2.51. The minimum atomic E-state index is -0.724. The molecule has 2 aliphatic heterocycles. The summed E-state index contributed by atoms with van der Waals surface area (Å²) >= 11 is 0. The van der Waals surface area contributed by atoms with Crippen LogP contribution in [0.1, 0.15) is 39.1 Å². The number of hydrogen-bond acceptors (Lipinski definition) is 7. The number of nitro groups is 2. The number of carbonyl (C=O) groups is 2. The summed E-state index contributed by atoms with van der Waals surface area (Å²) in [6.45, 7) is 1.56. The molecule has 0 bridgehead atoms. The van der Waals surface area contributed by atoms with E-state index in [0.29, 0.717) is 31.6 Å². The van der Waals surface area contributed by atoms with Crippen LogP contribution in [-0.2, 0) is 5.41 Å². The summed E-state index contributed by atoms with van der Waals surface area (Å²) < 4.78 is -0.724. The number of amides is 2. The van der Waals surface area contributed by atoms with Crippen LogP contribution in [0.15, 0.2) is 72.8 Å². The van der Waals surface area contributed by atoms with Crippen LogP contribution in [0.4, 0.5) is 17.1 Å². The number of piperidine rings is 1. The van der Waals surface area contributed by atoms with E-state index in [1.807, 2.05) is 12.1 Å². The predicted octanol–water partition coefficient (Wildman–Crippen LogP) is 4.13. The summed E-state index contributed by atoms with van der Waals surface area (Å²) in [4.78, 5) is 50.4. The molecule has 1 N–H and O–H groups in total. The van der Waals surface area contributed by atoms with Gasteiger partial charge in [-0.25, -0.2) is 9.59 Å². The Hall–Kier alpha value is -4.28. The Morgan fingerprint density at radius 2 is 1.31 bits per heavy atom. The maximum absolute atomic E-state index is 14.3. The topological polar surface area (TPSA) is 132 Å². The van der Waals surface area contributed by atoms with Gasteiger partial charge < -0.3 is 5.32 Å². The quantitative estimate of drug-likeness (QED) is 0.253. The lowest BCUT2D eigenvalue weighted by Gasteiger charge is -2.35. The largest absolute Gasteiger partial charge is 0.358 e. The number of non-ortho nitro benzene ring substituents is 2. The summed E-state index contributed by atoms with van der Waals surface area (Å²) in [7, 11) is 0. The van der Waals surface area contributed by atoms with Crippen molar-refractivity contribution >= 4 is 28.9 Å². The van der Waals surface area contributed by atoms with Crippen LogP contribution in [0.25, 0.3) is 0 Å². The molecule has 0 aromatic heterocycles. The Morgan fingerprint density at radius 1 is 0.778 bits per heavy atom. The van der Waals surface area contributed by atoms with E-state index in [0.717, 1.165) is 5.56 Å². The third kappa shape index (κ3) is 3.58. The van der Waals surface area contributed by atoms with E-state index in [2.05, 4.69) is 5.32 Å². The fraction of sp³-hybridized carbons (Fsp3) is 0.231. The van der Waals surface area contributed by atoms with Crippen molar-refractivity contribution < 1.29 is 19.4 Å². The van der Waals surface area contributed by atoms with Crippen LogP contribution in [-0.4, -0.2) is 41.3 Å². The van der Waals surface area contributed by atoms with E-state index in [4.69, 9.17) is 0 Å². The average Bonchev–Trinajstić information content (AvgIpc) is 3.19. The normalized spacial score (nSPS) is 17.3. The zero-order valence-corrected chi connectivity index (χ0v) is 19.3. The first-order chi connectivity index (χ1) is 17.3. The second kappa shape index (κ2) is 8.74. The van der Waals surface area contributed by atoms with E-state index < -0.39 is 31.6 Å². The monoisotopic (exact) mass is 487 g/mol. The molecule has 0 aliphatic carbocycles. The summed E-state index contributed by atoms with van der Waals surface area (Å²) in [5.41, 5.74) is 0.481. The van der Waals surface area contributed by atoms with Gasteiger partial charge in [0.05, 0.1) is 26.4 Å². The highest BCUT2D eigenvalue weighted by atomic mass is 16.6. The molecule has 0 atom stereocenters. The second-order valence-electron chi connectivity index (χ2n) is 9.24. The van der Waals surface area contributed by atoms with Crippen molar-refractivity contribution in [2.45, 2.75) is 18.3 Å². The fourth-order valence-corrected chi connectivity index (χ4v) is 5.61. The van der Waals surface area contributed by atoms with Crippen LogP contribution in [0, 0.1) is 20.2 Å². The van der Waals surface area contributed by atoms with Crippen molar-refractivity contribution in [3.05, 3.63) is 110 Å². The first-order valence-electron chi connectivity index (χ1n) is 11.6. The number of nitro benzene ring substituents is 2. The molecular weight excluding hydrogens is 464 g/mol. The highest BCUT2D eigenvalue weighted by Gasteiger charge is 2.61. The van der Waals surface area contributed by atoms with Gasteiger partial charge in [-0.15, -0.1) is 0 Å². The minimum Gasteiger partial charge on any atom is -0.317 e. The van der Waals surface area contributed by atoms with Crippen molar-refractivity contribution in [2.24, 2.45) is 0 Å². The Labute approximate surface area is 206 Å². The standard InChI is InChI=1S/C26H23N4O6/c31-24(18-5-3-7-20(15-18)28(33)34)30(25(32)19-6-4-8-21(16-19)29(35)36)17-26(11-13-27-14-12-26)22-9-1-2-10-23(22)30/h1-10,15-16,27H,11-14,17H2/q+1. The van der Waals surface area contributed by atoms with Crippen molar-refractivity contribution in [2.75, 3.05) is 19.6 Å². The number of fused-ring (bicyclic) bond motifs is 2. The number of carbonyl (C=O) groups excluding carboxylic acids is 2. The Balaban J connectivity index is 1.75. The van der Waals surface area contributed by atoms with Crippen LogP contribution in [0.3, 0.4) is 0 Å². The summed E-state index contributed by atoms with van der Waals surface area (Å²) in [6, 6.07) is 18.0. The lowest BCUT2D eigenvalue weighted by atomic mass is 9.75. The van der Waals surface area contributed by atoms with Gasteiger partial charge in [0.25, 0.3) is 11.4 Å². The maximum Gasteiger partial charge on any atom is 0.358 e. The molecule has 3 aromatic carbocycles. The van der Waals surface area contributed by atoms with Gasteiger partial charge in [0, 0.05) is 35.9 Å². The summed E-state index contributed by atoms with van der Waals surface area (Å²) in [5, 5.41) is 26.2. The molecule has 5 rings (SSSR count). The number of para-hydroxylation sites is 1. The van der Waals surface area contributed by atoms with Gasteiger partial charge in [-0.1, -0.05) is 30.3 Å². The number of hydrogen-bond donors (Lipinski definition) is 1. The van der Waals surface area contributed by atoms with E-state index in [9.17, 15) is 29.8 Å². The Kier molecular flexibility index (Phi) is 5.70. The lowest BCUT2D eigenvalue weighted by Crippen LogP contribution is -2.60. The van der Waals surface area contributed by atoms with Gasteiger partial charge in [-0.3, -0.25) is 20.2 Å². The van der Waals surface area contributed by atoms with Crippen molar-refractivity contribution in [3.8, 4) is 0 Å². The number of imide groups is 1. The number of quaternary nitrogens is 1. The Morgan fingerprint density at radius 3 is 1.83 bits per heavy atom. The van der Waals surface area contributed by atoms with Gasteiger partial charge >= 0.3 is 11.8 Å². The molecule has 2 amide bonds. The molecule has 1 saturated heterocycles. The van der Waals surface area contributed by atoms with Gasteiger partial charge in [-0.2, -0.15) is 4.48 Å². The van der Waals surface area contributed by atoms with Crippen LogP contribution in [0.5, 0.6) is 0 Å². The average molecular weight is 487 g/mol. The van der Waals surface area contributed by atoms with Gasteiger partial charge in [0.2, 0.25) is 0 Å². The van der Waals surface area contributed by atoms with Crippen LogP contribution in [0.2, 0.25) is 0 Å². The molecule has 10 heteroatoms. The third-order valence-electron chi connectivity index (χ3n) is 7.29. The van der Waals surface area contributed by atoms with Gasteiger partial charge in [-0.05, 0) is 38.1 Å². The van der Waals surface area contributed by atoms with Crippen molar-refractivity contribution in [1.82, 2.24) is 9.80 Å². The predicted molar refractivity (Wildman–Crippen MR) is 132 cm³/mol. The summed E-state index contributed by atoms with van der Waals surface area (Å²) in [5.74, 6) is -1.20. The lowest BCUT2D eigenvalue weighted by molar-refractivity contribution is -0.385. The van der Waals surface area contributed by atoms with Gasteiger partial charge in [0.1, 0.15) is 6.54 Å². The van der Waals surface area contributed by atoms with E-state index in [-0.39, 0.29) is 29.0 Å². The molecule has 0 unspecified atom stereocenters. The zero-order valence-electron chi connectivity index (χ0n) is 19.3. The van der Waals surface area contributed by atoms with E-state index in [1.54, 1.807) is 12.1 Å². The molecular formula is C26H23N4O6+. The maximum atomic E-state index is 14.3. The number of nitrogens with one attached hydrogen (secondary N) is 1. The van der Waals surface area contributed by atoms with Crippen LogP contribution < -0.4 is 9.80 Å². The number of rotatable bonds is 4. The molecule has 2 heterocycles. The van der Waals surface area contributed by atoms with E-state index >= 15 is 0 Å². The zero-order chi connectivity index (χ0) is 25.5. The molecule has 10 nitrogen and oxygen atoms in total. The minimum absolute atomic E-state index is 0.0313. The molecule has 3 aromatic rings. The molecule has 1 spiro atoms. The smallest absolute Gasteiger partial charge is 0.317 e. The first kappa shape index (κ1) is 23.5. The molecule has 0 saturated carbocycles. The Bertz CT molecular complexity index is 1340. The molecule has 36 heavy (non-hydrogen) atoms. The molecule has 2 aliphatic rings. The summed E-state index contributed by atoms with van der Waals surface area (Å²) in [6.07, 6.45) is 1.41. The first-order valence-corrected chi connectivity index (χ1v) is 11.6. The molecule has 0 radical (unpaired) electrons. The number of benzene rings is 3. The van der Waals surface area contributed by atoms with Gasteiger partial charge in [0.15, 0.2) is 5.69 Å². The number of nitrogens with zero attached hydrogens (tertiary/aromatic N) is 3. The SMILES string of the molecule is O=C(c1cccc([N+](=O)[O-])c1)[N+]1(C(=O)c2cccc([N+](=O)[O-])c2)CC2(CCNCC2)c2ccccc21. The van der Waals surface area contributed by atoms with Crippen LogP contribution >= 0.6 is 0 Å². The molecule has 182 valence electrons. The van der Waals surface area contributed by atoms with Crippen molar-refractivity contribution in [1.29, 1.82) is 0 Å². The molecule has 1 fully saturated rings. The van der Waals surface area contributed by atoms with Crippen molar-refractivity contribution in [3.63, 3.8) is 0 Å². The fourth-order valence-electron chi connectivity index (χ4n) is 5.61. The highest BCUT2D eigenvalue weighted by molar-refractivity contribution is 6.22. The van der Waals surface area contributed by atoms with E-state index in [1.165, 1.54) is 48.5 Å².